The molecule has 0 aliphatic carbocycles. The lowest BCUT2D eigenvalue weighted by molar-refractivity contribution is 0.591. The van der Waals surface area contributed by atoms with Crippen molar-refractivity contribution >= 4 is 64.6 Å². The molecule has 0 amide bonds. The predicted molar refractivity (Wildman–Crippen MR) is 161 cm³/mol. The van der Waals surface area contributed by atoms with Crippen LogP contribution < -0.4 is 16.3 Å². The highest BCUT2D eigenvalue weighted by Crippen LogP contribution is 2.43. The second kappa shape index (κ2) is 7.05. The molecule has 0 saturated carbocycles. The molecular weight excluding hydrogens is 468 g/mol. The minimum Gasteiger partial charge on any atom is -0.289 e. The van der Waals surface area contributed by atoms with E-state index in [0.29, 0.717) is 48.5 Å². The van der Waals surface area contributed by atoms with Gasteiger partial charge in [0.2, 0.25) is 0 Å². The molecule has 186 valence electrons. The molecule has 7 aromatic rings. The standard InChI is InChI=1S/C35H28O3/c1-34(2,3)17-11-13-20-23(15-17)33(38)30-26(20)28-25(19-9-7-8-10-22(19)31(28)36)29-27(30)21-14-12-18(35(4,5)6)16-24(21)32(29)37/h7-16H,1-6H3. The van der Waals surface area contributed by atoms with Crippen LogP contribution in [-0.2, 0) is 10.8 Å². The van der Waals surface area contributed by atoms with Gasteiger partial charge >= 0.3 is 0 Å². The van der Waals surface area contributed by atoms with Crippen molar-refractivity contribution < 1.29 is 0 Å². The Hall–Kier alpha value is -4.11. The first kappa shape index (κ1) is 23.0. The summed E-state index contributed by atoms with van der Waals surface area (Å²) >= 11 is 0. The zero-order valence-corrected chi connectivity index (χ0v) is 22.5. The van der Waals surface area contributed by atoms with Gasteiger partial charge in [-0.25, -0.2) is 0 Å². The van der Waals surface area contributed by atoms with E-state index in [-0.39, 0.29) is 27.1 Å². The smallest absolute Gasteiger partial charge is 0.194 e. The molecule has 7 aromatic carbocycles. The molecule has 0 aliphatic heterocycles. The van der Waals surface area contributed by atoms with Gasteiger partial charge in [-0.15, -0.1) is 0 Å². The first-order chi connectivity index (χ1) is 17.9. The molecule has 0 N–H and O–H groups in total. The maximum atomic E-state index is 14.2. The Kier molecular flexibility index (Phi) is 4.27. The maximum Gasteiger partial charge on any atom is 0.194 e. The van der Waals surface area contributed by atoms with Crippen molar-refractivity contribution in [1.29, 1.82) is 0 Å². The first-order valence-electron chi connectivity index (χ1n) is 13.2. The molecule has 3 nitrogen and oxygen atoms in total. The molecule has 0 radical (unpaired) electrons. The Morgan fingerprint density at radius 3 is 1.13 bits per heavy atom. The Bertz CT molecular complexity index is 2280. The normalized spacial score (nSPS) is 13.3. The van der Waals surface area contributed by atoms with Crippen LogP contribution in [0.1, 0.15) is 52.7 Å². The van der Waals surface area contributed by atoms with Crippen molar-refractivity contribution in [3.63, 3.8) is 0 Å². The summed E-state index contributed by atoms with van der Waals surface area (Å²) < 4.78 is 0. The molecule has 0 fully saturated rings. The second-order valence-electron chi connectivity index (χ2n) is 12.8. The van der Waals surface area contributed by atoms with Gasteiger partial charge in [0.1, 0.15) is 0 Å². The number of fused-ring (bicyclic) bond motifs is 12. The summed E-state index contributed by atoms with van der Waals surface area (Å²) in [5, 5.41) is 7.68. The van der Waals surface area contributed by atoms with E-state index in [9.17, 15) is 14.4 Å². The van der Waals surface area contributed by atoms with Crippen LogP contribution in [0.5, 0.6) is 0 Å². The third-order valence-electron chi connectivity index (χ3n) is 8.42. The van der Waals surface area contributed by atoms with Gasteiger partial charge in [0.05, 0.1) is 0 Å². The summed E-state index contributed by atoms with van der Waals surface area (Å²) in [6, 6.07) is 19.5. The van der Waals surface area contributed by atoms with Crippen LogP contribution in [0.15, 0.2) is 75.0 Å². The highest BCUT2D eigenvalue weighted by Gasteiger charge is 2.28. The average Bonchev–Trinajstić information content (AvgIpc) is 3.44. The van der Waals surface area contributed by atoms with Crippen LogP contribution in [0.25, 0.3) is 64.6 Å². The quantitative estimate of drug-likeness (QED) is 0.217. The Morgan fingerprint density at radius 2 is 0.737 bits per heavy atom. The van der Waals surface area contributed by atoms with E-state index >= 15 is 0 Å². The minimum absolute atomic E-state index is 0.107. The van der Waals surface area contributed by atoms with Crippen molar-refractivity contribution in [2.75, 3.05) is 0 Å². The van der Waals surface area contributed by atoms with E-state index in [1.165, 1.54) is 0 Å². The Morgan fingerprint density at radius 1 is 0.395 bits per heavy atom. The van der Waals surface area contributed by atoms with Gasteiger partial charge < -0.3 is 0 Å². The van der Waals surface area contributed by atoms with Crippen molar-refractivity contribution in [2.45, 2.75) is 52.4 Å². The SMILES string of the molecule is CC(C)(C)c1ccc2c(c1)c(=O)c1c2c2c(=O)c3ccccc3c2c2c(=O)c3cc(C(C)(C)C)ccc3c21. The first-order valence-corrected chi connectivity index (χ1v) is 13.2. The molecular formula is C35H28O3. The average molecular weight is 497 g/mol. The molecule has 3 heteroatoms. The lowest BCUT2D eigenvalue weighted by atomic mass is 9.86. The van der Waals surface area contributed by atoms with Crippen LogP contribution in [0, 0.1) is 0 Å². The van der Waals surface area contributed by atoms with Crippen LogP contribution in [-0.4, -0.2) is 0 Å². The van der Waals surface area contributed by atoms with Crippen molar-refractivity contribution in [3.8, 4) is 0 Å². The van der Waals surface area contributed by atoms with E-state index in [0.717, 1.165) is 27.3 Å². The molecule has 0 aliphatic rings. The third-order valence-corrected chi connectivity index (χ3v) is 8.42. The molecule has 0 heterocycles. The van der Waals surface area contributed by atoms with Crippen LogP contribution in [0.2, 0.25) is 0 Å². The zero-order chi connectivity index (χ0) is 26.9. The fourth-order valence-electron chi connectivity index (χ4n) is 6.38. The van der Waals surface area contributed by atoms with E-state index < -0.39 is 0 Å². The van der Waals surface area contributed by atoms with E-state index in [2.05, 4.69) is 53.7 Å². The maximum absolute atomic E-state index is 14.2. The number of benzene rings is 4. The number of hydrogen-bond acceptors (Lipinski definition) is 3. The summed E-state index contributed by atoms with van der Waals surface area (Å²) in [7, 11) is 0. The second-order valence-corrected chi connectivity index (χ2v) is 12.8. The van der Waals surface area contributed by atoms with Crippen molar-refractivity contribution in [2.24, 2.45) is 0 Å². The highest BCUT2D eigenvalue weighted by molar-refractivity contribution is 6.42. The van der Waals surface area contributed by atoms with Crippen LogP contribution in [0.4, 0.5) is 0 Å². The molecule has 0 bridgehead atoms. The summed E-state index contributed by atoms with van der Waals surface area (Å²) in [6.07, 6.45) is 0. The summed E-state index contributed by atoms with van der Waals surface area (Å²) in [6.45, 7) is 12.7. The fourth-order valence-corrected chi connectivity index (χ4v) is 6.38. The van der Waals surface area contributed by atoms with Gasteiger partial charge in [-0.3, -0.25) is 14.4 Å². The highest BCUT2D eigenvalue weighted by atomic mass is 16.1. The van der Waals surface area contributed by atoms with Gasteiger partial charge in [-0.1, -0.05) is 90.1 Å². The van der Waals surface area contributed by atoms with Gasteiger partial charge in [0.15, 0.2) is 16.3 Å². The fraction of sp³-hybridized carbons (Fsp3) is 0.229. The van der Waals surface area contributed by atoms with E-state index in [1.807, 2.05) is 48.5 Å². The number of hydrogen-bond donors (Lipinski definition) is 0. The Balaban J connectivity index is 1.87. The molecule has 0 saturated heterocycles. The summed E-state index contributed by atoms with van der Waals surface area (Å²) in [5.41, 5.74) is 1.53. The van der Waals surface area contributed by atoms with Crippen molar-refractivity contribution in [3.05, 3.63) is 102 Å². The Labute approximate surface area is 219 Å². The van der Waals surface area contributed by atoms with Crippen molar-refractivity contribution in [1.82, 2.24) is 0 Å². The molecule has 38 heavy (non-hydrogen) atoms. The molecule has 0 aromatic heterocycles. The van der Waals surface area contributed by atoms with Gasteiger partial charge in [0, 0.05) is 48.5 Å². The lowest BCUT2D eigenvalue weighted by Crippen LogP contribution is -2.11. The summed E-state index contributed by atoms with van der Waals surface area (Å²) in [5.74, 6) is 0. The molecule has 0 atom stereocenters. The van der Waals surface area contributed by atoms with Gasteiger partial charge in [-0.05, 0) is 50.2 Å². The molecule has 0 spiro atoms. The minimum atomic E-state index is -0.133. The monoisotopic (exact) mass is 496 g/mol. The topological polar surface area (TPSA) is 51.2 Å². The van der Waals surface area contributed by atoms with E-state index in [1.54, 1.807) is 0 Å². The van der Waals surface area contributed by atoms with Gasteiger partial charge in [0.25, 0.3) is 0 Å². The molecule has 7 rings (SSSR count). The zero-order valence-electron chi connectivity index (χ0n) is 22.5. The van der Waals surface area contributed by atoms with E-state index in [4.69, 9.17) is 0 Å². The van der Waals surface area contributed by atoms with Crippen LogP contribution in [0.3, 0.4) is 0 Å². The number of rotatable bonds is 0. The summed E-state index contributed by atoms with van der Waals surface area (Å²) in [4.78, 5) is 42.3. The molecule has 0 unspecified atom stereocenters. The van der Waals surface area contributed by atoms with Gasteiger partial charge in [-0.2, -0.15) is 0 Å². The third kappa shape index (κ3) is 2.77. The van der Waals surface area contributed by atoms with Crippen LogP contribution >= 0.6 is 0 Å². The predicted octanol–water partition coefficient (Wildman–Crippen LogP) is 7.59. The lowest BCUT2D eigenvalue weighted by Gasteiger charge is -2.18. The largest absolute Gasteiger partial charge is 0.289 e.